The summed E-state index contributed by atoms with van der Waals surface area (Å²) in [6.45, 7) is 5.33. The fourth-order valence-electron chi connectivity index (χ4n) is 4.40. The molecule has 11 heteroatoms. The topological polar surface area (TPSA) is 131 Å². The average molecular weight is 507 g/mol. The van der Waals surface area contributed by atoms with E-state index in [0.29, 0.717) is 31.7 Å². The first kappa shape index (κ1) is 26.7. The largest absolute Gasteiger partial charge is 0.481 e. The molecule has 0 amide bonds. The monoisotopic (exact) mass is 506 g/mol. The van der Waals surface area contributed by atoms with E-state index in [2.05, 4.69) is 20.2 Å². The molecule has 1 aliphatic rings. The van der Waals surface area contributed by atoms with Crippen molar-refractivity contribution in [3.8, 4) is 6.01 Å². The standard InChI is InChI=1S/C24H34N4O6S/c1-4-28(20-8-10-35(31,32)11-9-20)22-7-6-17(18(16-33-3)13-23(29)30)12-21(22)27-19-14-25-24(26-15-19)34-5-2/h6-7,12,14-15,18,20,27H,4-5,8-11,13,16H2,1-3H3,(H,29,30). The molecule has 10 nitrogen and oxygen atoms in total. The zero-order valence-corrected chi connectivity index (χ0v) is 21.3. The second kappa shape index (κ2) is 12.2. The summed E-state index contributed by atoms with van der Waals surface area (Å²) in [6, 6.07) is 6.18. The highest BCUT2D eigenvalue weighted by atomic mass is 32.2. The minimum Gasteiger partial charge on any atom is -0.481 e. The number of hydrogen-bond donors (Lipinski definition) is 2. The van der Waals surface area contributed by atoms with Gasteiger partial charge in [-0.25, -0.2) is 18.4 Å². The van der Waals surface area contributed by atoms with Crippen LogP contribution in [0.1, 0.15) is 44.6 Å². The van der Waals surface area contributed by atoms with Crippen molar-refractivity contribution in [2.45, 2.75) is 45.1 Å². The maximum atomic E-state index is 12.0. The Morgan fingerprint density at radius 2 is 1.91 bits per heavy atom. The van der Waals surface area contributed by atoms with Gasteiger partial charge in [-0.2, -0.15) is 0 Å². The molecule has 2 aromatic rings. The average Bonchev–Trinajstić information content (AvgIpc) is 2.82. The summed E-state index contributed by atoms with van der Waals surface area (Å²) in [5.41, 5.74) is 3.14. The minimum atomic E-state index is -2.98. The quantitative estimate of drug-likeness (QED) is 0.442. The second-order valence-corrected chi connectivity index (χ2v) is 10.8. The van der Waals surface area contributed by atoms with Crippen LogP contribution < -0.4 is 15.0 Å². The molecule has 2 N–H and O–H groups in total. The van der Waals surface area contributed by atoms with Gasteiger partial charge in [-0.05, 0) is 44.4 Å². The van der Waals surface area contributed by atoms with Gasteiger partial charge in [-0.3, -0.25) is 4.79 Å². The van der Waals surface area contributed by atoms with Crippen LogP contribution in [-0.4, -0.2) is 73.9 Å². The fraction of sp³-hybridized carbons (Fsp3) is 0.542. The molecule has 0 saturated carbocycles. The number of sulfone groups is 1. The summed E-state index contributed by atoms with van der Waals surface area (Å²) in [4.78, 5) is 22.1. The highest BCUT2D eigenvalue weighted by Gasteiger charge is 2.29. The highest BCUT2D eigenvalue weighted by molar-refractivity contribution is 7.91. The smallest absolute Gasteiger partial charge is 0.316 e. The van der Waals surface area contributed by atoms with Gasteiger partial charge in [-0.15, -0.1) is 0 Å². The molecule has 1 fully saturated rings. The molecular formula is C24H34N4O6S. The van der Waals surface area contributed by atoms with Gasteiger partial charge in [-0.1, -0.05) is 6.07 Å². The highest BCUT2D eigenvalue weighted by Crippen LogP contribution is 2.36. The summed E-state index contributed by atoms with van der Waals surface area (Å²) in [7, 11) is -1.43. The molecule has 0 spiro atoms. The summed E-state index contributed by atoms with van der Waals surface area (Å²) < 4.78 is 34.6. The van der Waals surface area contributed by atoms with Gasteiger partial charge in [0.25, 0.3) is 0 Å². The number of carboxylic acids is 1. The molecule has 3 rings (SSSR count). The van der Waals surface area contributed by atoms with E-state index in [1.807, 2.05) is 32.0 Å². The van der Waals surface area contributed by atoms with Crippen molar-refractivity contribution in [2.24, 2.45) is 0 Å². The van der Waals surface area contributed by atoms with E-state index in [1.54, 1.807) is 19.5 Å². The summed E-state index contributed by atoms with van der Waals surface area (Å²) >= 11 is 0. The van der Waals surface area contributed by atoms with Crippen LogP contribution in [0.25, 0.3) is 0 Å². The number of ether oxygens (including phenoxy) is 2. The predicted molar refractivity (Wildman–Crippen MR) is 134 cm³/mol. The van der Waals surface area contributed by atoms with E-state index in [-0.39, 0.29) is 42.5 Å². The first-order chi connectivity index (χ1) is 16.8. The van der Waals surface area contributed by atoms with Crippen molar-refractivity contribution in [1.82, 2.24) is 9.97 Å². The Balaban J connectivity index is 1.98. The SMILES string of the molecule is CCOc1ncc(Nc2cc(C(COC)CC(=O)O)ccc2N(CC)C2CCS(=O)(=O)CC2)cn1. The Hall–Kier alpha value is -2.92. The van der Waals surface area contributed by atoms with Crippen molar-refractivity contribution in [3.63, 3.8) is 0 Å². The Morgan fingerprint density at radius 3 is 2.49 bits per heavy atom. The van der Waals surface area contributed by atoms with E-state index in [1.165, 1.54) is 0 Å². The third kappa shape index (κ3) is 7.28. The lowest BCUT2D eigenvalue weighted by molar-refractivity contribution is -0.137. The number of hydrogen-bond acceptors (Lipinski definition) is 9. The molecule has 1 unspecified atom stereocenters. The molecule has 192 valence electrons. The molecule has 0 radical (unpaired) electrons. The van der Waals surface area contributed by atoms with Gasteiger partial charge in [0, 0.05) is 25.6 Å². The van der Waals surface area contributed by atoms with Gasteiger partial charge in [0.15, 0.2) is 0 Å². The first-order valence-corrected chi connectivity index (χ1v) is 13.6. The molecule has 0 aliphatic carbocycles. The first-order valence-electron chi connectivity index (χ1n) is 11.8. The number of rotatable bonds is 12. The third-order valence-electron chi connectivity index (χ3n) is 6.08. The van der Waals surface area contributed by atoms with Crippen LogP contribution in [-0.2, 0) is 19.4 Å². The van der Waals surface area contributed by atoms with Gasteiger partial charge in [0.05, 0.1) is 60.6 Å². The molecule has 35 heavy (non-hydrogen) atoms. The van der Waals surface area contributed by atoms with E-state index in [0.717, 1.165) is 16.9 Å². The van der Waals surface area contributed by atoms with Crippen LogP contribution in [0.4, 0.5) is 17.1 Å². The van der Waals surface area contributed by atoms with Gasteiger partial charge < -0.3 is 24.8 Å². The lowest BCUT2D eigenvalue weighted by Gasteiger charge is -2.36. The van der Waals surface area contributed by atoms with Crippen molar-refractivity contribution >= 4 is 32.9 Å². The minimum absolute atomic E-state index is 0.0588. The second-order valence-electron chi connectivity index (χ2n) is 8.51. The summed E-state index contributed by atoms with van der Waals surface area (Å²) in [6.07, 6.45) is 4.32. The number of aromatic nitrogens is 2. The van der Waals surface area contributed by atoms with E-state index in [4.69, 9.17) is 9.47 Å². The van der Waals surface area contributed by atoms with Crippen molar-refractivity contribution in [3.05, 3.63) is 36.2 Å². The maximum Gasteiger partial charge on any atom is 0.316 e. The molecular weight excluding hydrogens is 472 g/mol. The summed E-state index contributed by atoms with van der Waals surface area (Å²) in [5, 5.41) is 12.8. The Bertz CT molecular complexity index is 1080. The molecule has 0 bridgehead atoms. The fourth-order valence-corrected chi connectivity index (χ4v) is 5.86. The molecule has 2 heterocycles. The normalized spacial score (nSPS) is 16.4. The van der Waals surface area contributed by atoms with E-state index >= 15 is 0 Å². The molecule has 1 saturated heterocycles. The lowest BCUT2D eigenvalue weighted by atomic mass is 9.95. The van der Waals surface area contributed by atoms with Gasteiger partial charge in [0.1, 0.15) is 9.84 Å². The van der Waals surface area contributed by atoms with E-state index < -0.39 is 15.8 Å². The van der Waals surface area contributed by atoms with Crippen LogP contribution in [0, 0.1) is 0 Å². The van der Waals surface area contributed by atoms with Crippen molar-refractivity contribution in [1.29, 1.82) is 0 Å². The predicted octanol–water partition coefficient (Wildman–Crippen LogP) is 3.23. The van der Waals surface area contributed by atoms with Crippen LogP contribution in [0.15, 0.2) is 30.6 Å². The van der Waals surface area contributed by atoms with Crippen LogP contribution in [0.2, 0.25) is 0 Å². The summed E-state index contributed by atoms with van der Waals surface area (Å²) in [5.74, 6) is -0.866. The number of methoxy groups -OCH3 is 1. The molecule has 1 aromatic carbocycles. The van der Waals surface area contributed by atoms with Crippen molar-refractivity contribution in [2.75, 3.05) is 48.6 Å². The number of nitrogens with zero attached hydrogens (tertiary/aromatic N) is 3. The molecule has 1 atom stereocenters. The van der Waals surface area contributed by atoms with Gasteiger partial charge in [0.2, 0.25) is 0 Å². The lowest BCUT2D eigenvalue weighted by Crippen LogP contribution is -2.41. The maximum absolute atomic E-state index is 12.0. The van der Waals surface area contributed by atoms with Crippen LogP contribution >= 0.6 is 0 Å². The van der Waals surface area contributed by atoms with Gasteiger partial charge >= 0.3 is 12.0 Å². The molecule has 1 aliphatic heterocycles. The molecule has 1 aromatic heterocycles. The number of aliphatic carboxylic acids is 1. The van der Waals surface area contributed by atoms with E-state index in [9.17, 15) is 18.3 Å². The Kier molecular flexibility index (Phi) is 9.27. The number of carbonyl (C=O) groups is 1. The third-order valence-corrected chi connectivity index (χ3v) is 7.79. The number of nitrogens with one attached hydrogen (secondary N) is 1. The van der Waals surface area contributed by atoms with Crippen molar-refractivity contribution < 1.29 is 27.8 Å². The number of benzene rings is 1. The van der Waals surface area contributed by atoms with Crippen LogP contribution in [0.3, 0.4) is 0 Å². The number of carboxylic acid groups (broad SMARTS) is 1. The zero-order valence-electron chi connectivity index (χ0n) is 20.4. The van der Waals surface area contributed by atoms with Crippen LogP contribution in [0.5, 0.6) is 6.01 Å². The Labute approximate surface area is 206 Å². The number of anilines is 3. The Morgan fingerprint density at radius 1 is 1.23 bits per heavy atom. The zero-order chi connectivity index (χ0) is 25.4.